The highest BCUT2D eigenvalue weighted by Gasteiger charge is 2.19. The monoisotopic (exact) mass is 180 g/mol. The van der Waals surface area contributed by atoms with Gasteiger partial charge >= 0.3 is 0 Å². The molecular weight excluding hydrogens is 168 g/mol. The Labute approximate surface area is 77.2 Å². The van der Waals surface area contributed by atoms with Crippen LogP contribution in [0.1, 0.15) is 0 Å². The van der Waals surface area contributed by atoms with E-state index in [1.54, 1.807) is 7.11 Å². The zero-order chi connectivity index (χ0) is 9.10. The van der Waals surface area contributed by atoms with Crippen molar-refractivity contribution in [2.75, 3.05) is 20.3 Å². The molecule has 1 atom stereocenters. The first-order chi connectivity index (χ1) is 6.40. The highest BCUT2D eigenvalue weighted by atomic mass is 16.6. The molecule has 1 aliphatic rings. The van der Waals surface area contributed by atoms with E-state index in [4.69, 9.17) is 14.2 Å². The number of fused-ring (bicyclic) bond motifs is 1. The molecule has 70 valence electrons. The summed E-state index contributed by atoms with van der Waals surface area (Å²) >= 11 is 0. The van der Waals surface area contributed by atoms with Crippen LogP contribution in [-0.2, 0) is 4.74 Å². The van der Waals surface area contributed by atoms with E-state index in [9.17, 15) is 0 Å². The lowest BCUT2D eigenvalue weighted by Crippen LogP contribution is -2.32. The lowest BCUT2D eigenvalue weighted by molar-refractivity contribution is 0.0272. The average Bonchev–Trinajstić information content (AvgIpc) is 2.18. The maximum absolute atomic E-state index is 5.62. The highest BCUT2D eigenvalue weighted by molar-refractivity contribution is 5.40. The Morgan fingerprint density at radius 2 is 2.15 bits per heavy atom. The van der Waals surface area contributed by atoms with E-state index in [1.807, 2.05) is 24.3 Å². The van der Waals surface area contributed by atoms with Gasteiger partial charge in [-0.3, -0.25) is 0 Å². The van der Waals surface area contributed by atoms with Gasteiger partial charge in [0.25, 0.3) is 0 Å². The van der Waals surface area contributed by atoms with Crippen molar-refractivity contribution in [3.8, 4) is 11.5 Å². The standard InChI is InChI=1S/C10H12O3/c1-11-6-8-7-12-9-4-2-3-5-10(9)13-8/h2-5,8H,6-7H2,1H3/t8-/m0/s1. The largest absolute Gasteiger partial charge is 0.486 e. The lowest BCUT2D eigenvalue weighted by atomic mass is 10.3. The topological polar surface area (TPSA) is 27.7 Å². The molecule has 0 spiro atoms. The van der Waals surface area contributed by atoms with Gasteiger partial charge in [0.1, 0.15) is 6.61 Å². The van der Waals surface area contributed by atoms with Gasteiger partial charge < -0.3 is 14.2 Å². The Hall–Kier alpha value is -1.22. The molecule has 0 amide bonds. The highest BCUT2D eigenvalue weighted by Crippen LogP contribution is 2.30. The molecule has 13 heavy (non-hydrogen) atoms. The molecule has 0 bridgehead atoms. The van der Waals surface area contributed by atoms with Crippen LogP contribution >= 0.6 is 0 Å². The second-order valence-corrected chi connectivity index (χ2v) is 2.95. The van der Waals surface area contributed by atoms with Crippen LogP contribution in [0, 0.1) is 0 Å². The van der Waals surface area contributed by atoms with E-state index >= 15 is 0 Å². The first kappa shape index (κ1) is 8.38. The lowest BCUT2D eigenvalue weighted by Gasteiger charge is -2.25. The van der Waals surface area contributed by atoms with Crippen LogP contribution in [0.3, 0.4) is 0 Å². The first-order valence-corrected chi connectivity index (χ1v) is 4.27. The summed E-state index contributed by atoms with van der Waals surface area (Å²) in [7, 11) is 1.66. The third-order valence-corrected chi connectivity index (χ3v) is 1.92. The number of hydrogen-bond donors (Lipinski definition) is 0. The van der Waals surface area contributed by atoms with Gasteiger partial charge in [-0.05, 0) is 12.1 Å². The summed E-state index contributed by atoms with van der Waals surface area (Å²) < 4.78 is 16.1. The fourth-order valence-corrected chi connectivity index (χ4v) is 1.33. The van der Waals surface area contributed by atoms with Crippen molar-refractivity contribution < 1.29 is 14.2 Å². The summed E-state index contributed by atoms with van der Waals surface area (Å²) in [6.45, 7) is 1.12. The van der Waals surface area contributed by atoms with Crippen LogP contribution in [-0.4, -0.2) is 26.4 Å². The van der Waals surface area contributed by atoms with E-state index in [0.717, 1.165) is 11.5 Å². The van der Waals surface area contributed by atoms with Gasteiger partial charge in [-0.25, -0.2) is 0 Å². The third-order valence-electron chi connectivity index (χ3n) is 1.92. The quantitative estimate of drug-likeness (QED) is 0.689. The van der Waals surface area contributed by atoms with Crippen molar-refractivity contribution in [3.63, 3.8) is 0 Å². The second kappa shape index (κ2) is 3.66. The normalized spacial score (nSPS) is 19.9. The van der Waals surface area contributed by atoms with Gasteiger partial charge in [-0.1, -0.05) is 12.1 Å². The smallest absolute Gasteiger partial charge is 0.161 e. The van der Waals surface area contributed by atoms with E-state index in [0.29, 0.717) is 13.2 Å². The Kier molecular flexibility index (Phi) is 2.36. The third kappa shape index (κ3) is 1.75. The molecule has 0 saturated carbocycles. The van der Waals surface area contributed by atoms with Gasteiger partial charge in [-0.15, -0.1) is 0 Å². The van der Waals surface area contributed by atoms with Crippen LogP contribution < -0.4 is 9.47 Å². The van der Waals surface area contributed by atoms with Gasteiger partial charge in [0, 0.05) is 7.11 Å². The summed E-state index contributed by atoms with van der Waals surface area (Å²) in [6.07, 6.45) is 0.0138. The molecule has 0 aliphatic carbocycles. The average molecular weight is 180 g/mol. The second-order valence-electron chi connectivity index (χ2n) is 2.95. The molecule has 1 aromatic rings. The fourth-order valence-electron chi connectivity index (χ4n) is 1.33. The minimum atomic E-state index is 0.0138. The van der Waals surface area contributed by atoms with Crippen LogP contribution in [0.5, 0.6) is 11.5 Å². The van der Waals surface area contributed by atoms with E-state index in [-0.39, 0.29) is 6.10 Å². The number of methoxy groups -OCH3 is 1. The van der Waals surface area contributed by atoms with Gasteiger partial charge in [0.2, 0.25) is 0 Å². The molecule has 0 fully saturated rings. The molecule has 0 aromatic heterocycles. The molecule has 3 nitrogen and oxygen atoms in total. The van der Waals surface area contributed by atoms with Crippen molar-refractivity contribution in [1.29, 1.82) is 0 Å². The molecule has 0 saturated heterocycles. The molecule has 1 aliphatic heterocycles. The fraction of sp³-hybridized carbons (Fsp3) is 0.400. The number of ether oxygens (including phenoxy) is 3. The minimum Gasteiger partial charge on any atom is -0.486 e. The Morgan fingerprint density at radius 3 is 2.92 bits per heavy atom. The molecule has 2 rings (SSSR count). The Bertz CT molecular complexity index is 285. The molecule has 1 aromatic carbocycles. The van der Waals surface area contributed by atoms with Crippen LogP contribution in [0.15, 0.2) is 24.3 Å². The van der Waals surface area contributed by atoms with Gasteiger partial charge in [-0.2, -0.15) is 0 Å². The predicted octanol–water partition coefficient (Wildman–Crippen LogP) is 1.47. The van der Waals surface area contributed by atoms with E-state index in [2.05, 4.69) is 0 Å². The summed E-state index contributed by atoms with van der Waals surface area (Å²) in [6, 6.07) is 7.66. The van der Waals surface area contributed by atoms with E-state index in [1.165, 1.54) is 0 Å². The number of para-hydroxylation sites is 2. The van der Waals surface area contributed by atoms with Crippen molar-refractivity contribution in [2.24, 2.45) is 0 Å². The van der Waals surface area contributed by atoms with E-state index < -0.39 is 0 Å². The maximum Gasteiger partial charge on any atom is 0.161 e. The molecule has 1 heterocycles. The zero-order valence-electron chi connectivity index (χ0n) is 7.53. The molecule has 0 unspecified atom stereocenters. The van der Waals surface area contributed by atoms with Crippen LogP contribution in [0.2, 0.25) is 0 Å². The SMILES string of the molecule is COC[C@H]1COc2ccccc2O1. The van der Waals surface area contributed by atoms with Crippen LogP contribution in [0.4, 0.5) is 0 Å². The summed E-state index contributed by atoms with van der Waals surface area (Å²) in [5.74, 6) is 1.62. The van der Waals surface area contributed by atoms with Crippen LogP contribution in [0.25, 0.3) is 0 Å². The summed E-state index contributed by atoms with van der Waals surface area (Å²) in [5.41, 5.74) is 0. The summed E-state index contributed by atoms with van der Waals surface area (Å²) in [4.78, 5) is 0. The number of hydrogen-bond acceptors (Lipinski definition) is 3. The molecular formula is C10H12O3. The maximum atomic E-state index is 5.62. The zero-order valence-corrected chi connectivity index (χ0v) is 7.53. The van der Waals surface area contributed by atoms with Gasteiger partial charge in [0.05, 0.1) is 6.61 Å². The first-order valence-electron chi connectivity index (χ1n) is 4.27. The van der Waals surface area contributed by atoms with Crippen molar-refractivity contribution >= 4 is 0 Å². The summed E-state index contributed by atoms with van der Waals surface area (Å²) in [5, 5.41) is 0. The van der Waals surface area contributed by atoms with Crippen molar-refractivity contribution in [3.05, 3.63) is 24.3 Å². The molecule has 0 N–H and O–H groups in total. The number of rotatable bonds is 2. The molecule has 0 radical (unpaired) electrons. The van der Waals surface area contributed by atoms with Crippen molar-refractivity contribution in [2.45, 2.75) is 6.10 Å². The predicted molar refractivity (Wildman–Crippen MR) is 48.2 cm³/mol. The van der Waals surface area contributed by atoms with Gasteiger partial charge in [0.15, 0.2) is 17.6 Å². The molecule has 3 heteroatoms. The minimum absolute atomic E-state index is 0.0138. The Balaban J connectivity index is 2.11. The van der Waals surface area contributed by atoms with Crippen molar-refractivity contribution in [1.82, 2.24) is 0 Å². The number of benzene rings is 1. The Morgan fingerprint density at radius 1 is 1.38 bits per heavy atom.